The molecule has 1 aromatic heterocycles. The Morgan fingerprint density at radius 2 is 1.63 bits per heavy atom. The van der Waals surface area contributed by atoms with E-state index in [-0.39, 0.29) is 17.7 Å². The topological polar surface area (TPSA) is 64.6 Å². The molecule has 27 heavy (non-hydrogen) atoms. The lowest BCUT2D eigenvalue weighted by molar-refractivity contribution is 0.0943. The SMILES string of the molecule is CCCOc1ccc([C@H](C)NC(=O)c2ccc(C(C)=O)s2)cc1OCCC. The van der Waals surface area contributed by atoms with Crippen molar-refractivity contribution >= 4 is 23.0 Å². The predicted octanol–water partition coefficient (Wildman–Crippen LogP) is 5.02. The van der Waals surface area contributed by atoms with E-state index in [2.05, 4.69) is 19.2 Å². The zero-order valence-electron chi connectivity index (χ0n) is 16.3. The minimum atomic E-state index is -0.204. The van der Waals surface area contributed by atoms with Crippen molar-refractivity contribution in [3.05, 3.63) is 45.6 Å². The molecule has 0 aliphatic rings. The Balaban J connectivity index is 2.12. The fraction of sp³-hybridized carbons (Fsp3) is 0.429. The van der Waals surface area contributed by atoms with Crippen molar-refractivity contribution in [1.29, 1.82) is 0 Å². The first-order chi connectivity index (χ1) is 13.0. The number of hydrogen-bond acceptors (Lipinski definition) is 5. The number of ketones is 1. The number of amides is 1. The van der Waals surface area contributed by atoms with Gasteiger partial charge in [-0.25, -0.2) is 0 Å². The average molecular weight is 390 g/mol. The molecule has 146 valence electrons. The van der Waals surface area contributed by atoms with E-state index < -0.39 is 0 Å². The van der Waals surface area contributed by atoms with E-state index in [1.807, 2.05) is 25.1 Å². The number of Topliss-reactive ketones (excluding diaryl/α,β-unsaturated/α-hetero) is 1. The van der Waals surface area contributed by atoms with Gasteiger partial charge in [-0.05, 0) is 56.5 Å². The minimum Gasteiger partial charge on any atom is -0.490 e. The van der Waals surface area contributed by atoms with E-state index in [9.17, 15) is 9.59 Å². The summed E-state index contributed by atoms with van der Waals surface area (Å²) in [5, 5.41) is 2.97. The summed E-state index contributed by atoms with van der Waals surface area (Å²) in [6.45, 7) is 8.76. The lowest BCUT2D eigenvalue weighted by Gasteiger charge is -2.17. The summed E-state index contributed by atoms with van der Waals surface area (Å²) in [5.74, 6) is 1.19. The maximum atomic E-state index is 12.5. The van der Waals surface area contributed by atoms with E-state index in [0.717, 1.165) is 24.2 Å². The molecule has 6 heteroatoms. The normalized spacial score (nSPS) is 11.7. The molecule has 0 spiro atoms. The molecule has 0 radical (unpaired) electrons. The van der Waals surface area contributed by atoms with Gasteiger partial charge in [-0.15, -0.1) is 11.3 Å². The molecule has 2 rings (SSSR count). The lowest BCUT2D eigenvalue weighted by atomic mass is 10.1. The summed E-state index contributed by atoms with van der Waals surface area (Å²) in [4.78, 5) is 25.0. The molecule has 0 unspecified atom stereocenters. The van der Waals surface area contributed by atoms with Crippen LogP contribution >= 0.6 is 11.3 Å². The molecule has 1 heterocycles. The highest BCUT2D eigenvalue weighted by molar-refractivity contribution is 7.15. The fourth-order valence-corrected chi connectivity index (χ4v) is 3.25. The van der Waals surface area contributed by atoms with Crippen molar-refractivity contribution < 1.29 is 19.1 Å². The number of benzene rings is 1. The third-order valence-corrected chi connectivity index (χ3v) is 5.10. The van der Waals surface area contributed by atoms with E-state index >= 15 is 0 Å². The Morgan fingerprint density at radius 1 is 1.00 bits per heavy atom. The zero-order valence-corrected chi connectivity index (χ0v) is 17.2. The Bertz CT molecular complexity index is 784. The van der Waals surface area contributed by atoms with Crippen LogP contribution in [0.3, 0.4) is 0 Å². The Hall–Kier alpha value is -2.34. The van der Waals surface area contributed by atoms with Gasteiger partial charge in [0, 0.05) is 0 Å². The molecular weight excluding hydrogens is 362 g/mol. The second-order valence-corrected chi connectivity index (χ2v) is 7.40. The van der Waals surface area contributed by atoms with Crippen molar-refractivity contribution in [2.45, 2.75) is 46.6 Å². The van der Waals surface area contributed by atoms with Crippen LogP contribution in [0.1, 0.15) is 71.5 Å². The maximum Gasteiger partial charge on any atom is 0.261 e. The number of hydrogen-bond donors (Lipinski definition) is 1. The second-order valence-electron chi connectivity index (χ2n) is 6.32. The molecule has 0 fully saturated rings. The summed E-state index contributed by atoms with van der Waals surface area (Å²) in [6.07, 6.45) is 1.82. The van der Waals surface area contributed by atoms with Crippen LogP contribution in [0.2, 0.25) is 0 Å². The highest BCUT2D eigenvalue weighted by atomic mass is 32.1. The van der Waals surface area contributed by atoms with E-state index in [1.54, 1.807) is 12.1 Å². The maximum absolute atomic E-state index is 12.5. The van der Waals surface area contributed by atoms with Crippen LogP contribution in [-0.4, -0.2) is 24.9 Å². The van der Waals surface area contributed by atoms with Crippen LogP contribution in [0, 0.1) is 0 Å². The lowest BCUT2D eigenvalue weighted by Crippen LogP contribution is -2.25. The number of rotatable bonds is 10. The van der Waals surface area contributed by atoms with E-state index in [4.69, 9.17) is 9.47 Å². The van der Waals surface area contributed by atoms with Crippen molar-refractivity contribution in [3.63, 3.8) is 0 Å². The largest absolute Gasteiger partial charge is 0.490 e. The van der Waals surface area contributed by atoms with Crippen LogP contribution in [0.4, 0.5) is 0 Å². The third kappa shape index (κ3) is 5.82. The predicted molar refractivity (Wildman–Crippen MR) is 108 cm³/mol. The van der Waals surface area contributed by atoms with Crippen LogP contribution in [0.5, 0.6) is 11.5 Å². The quantitative estimate of drug-likeness (QED) is 0.580. The van der Waals surface area contributed by atoms with Gasteiger partial charge < -0.3 is 14.8 Å². The molecule has 0 aliphatic carbocycles. The fourth-order valence-electron chi connectivity index (χ4n) is 2.45. The Morgan fingerprint density at radius 3 is 2.22 bits per heavy atom. The number of carbonyl (C=O) groups is 2. The van der Waals surface area contributed by atoms with Gasteiger partial charge in [0.25, 0.3) is 5.91 Å². The number of nitrogens with one attached hydrogen (secondary N) is 1. The van der Waals surface area contributed by atoms with Crippen molar-refractivity contribution in [2.24, 2.45) is 0 Å². The standard InChI is InChI=1S/C21H27NO4S/c1-5-11-25-17-8-7-16(13-18(17)26-12-6-2)14(3)22-21(24)20-10-9-19(27-20)15(4)23/h7-10,13-14H,5-6,11-12H2,1-4H3,(H,22,24)/t14-/m0/s1. The van der Waals surface area contributed by atoms with Gasteiger partial charge in [-0.1, -0.05) is 19.9 Å². The minimum absolute atomic E-state index is 0.0347. The van der Waals surface area contributed by atoms with Gasteiger partial charge in [0.15, 0.2) is 17.3 Å². The molecule has 0 bridgehead atoms. The molecular formula is C21H27NO4S. The molecule has 0 aliphatic heterocycles. The highest BCUT2D eigenvalue weighted by Gasteiger charge is 2.16. The average Bonchev–Trinajstić information content (AvgIpc) is 3.15. The summed E-state index contributed by atoms with van der Waals surface area (Å²) in [5.41, 5.74) is 0.932. The van der Waals surface area contributed by atoms with Crippen molar-refractivity contribution in [2.75, 3.05) is 13.2 Å². The molecule has 1 aromatic carbocycles. The van der Waals surface area contributed by atoms with Crippen LogP contribution in [0.25, 0.3) is 0 Å². The molecule has 1 atom stereocenters. The second kappa shape index (κ2) is 10.1. The molecule has 2 aromatic rings. The Labute approximate surface area is 164 Å². The van der Waals surface area contributed by atoms with Gasteiger partial charge in [-0.2, -0.15) is 0 Å². The van der Waals surface area contributed by atoms with Gasteiger partial charge >= 0.3 is 0 Å². The molecule has 1 N–H and O–H groups in total. The van der Waals surface area contributed by atoms with Gasteiger partial charge in [0.2, 0.25) is 0 Å². The molecule has 0 saturated carbocycles. The first kappa shape index (κ1) is 21.0. The summed E-state index contributed by atoms with van der Waals surface area (Å²) in [6, 6.07) is 8.90. The number of carbonyl (C=O) groups excluding carboxylic acids is 2. The van der Waals surface area contributed by atoms with Gasteiger partial charge in [0.05, 0.1) is 29.0 Å². The summed E-state index contributed by atoms with van der Waals surface area (Å²) < 4.78 is 11.6. The Kier molecular flexibility index (Phi) is 7.85. The highest BCUT2D eigenvalue weighted by Crippen LogP contribution is 2.31. The third-order valence-electron chi connectivity index (χ3n) is 3.92. The molecule has 5 nitrogen and oxygen atoms in total. The van der Waals surface area contributed by atoms with E-state index in [0.29, 0.717) is 28.7 Å². The van der Waals surface area contributed by atoms with Gasteiger partial charge in [-0.3, -0.25) is 9.59 Å². The van der Waals surface area contributed by atoms with Gasteiger partial charge in [0.1, 0.15) is 0 Å². The number of ether oxygens (including phenoxy) is 2. The van der Waals surface area contributed by atoms with Crippen LogP contribution in [-0.2, 0) is 0 Å². The number of thiophene rings is 1. The summed E-state index contributed by atoms with van der Waals surface area (Å²) in [7, 11) is 0. The van der Waals surface area contributed by atoms with Crippen molar-refractivity contribution in [3.8, 4) is 11.5 Å². The molecule has 0 saturated heterocycles. The summed E-state index contributed by atoms with van der Waals surface area (Å²) >= 11 is 1.21. The monoisotopic (exact) mass is 389 g/mol. The smallest absolute Gasteiger partial charge is 0.261 e. The first-order valence-corrected chi connectivity index (χ1v) is 10.1. The van der Waals surface area contributed by atoms with Crippen molar-refractivity contribution in [1.82, 2.24) is 5.32 Å². The zero-order chi connectivity index (χ0) is 19.8. The van der Waals surface area contributed by atoms with Crippen LogP contribution in [0.15, 0.2) is 30.3 Å². The van der Waals surface area contributed by atoms with E-state index in [1.165, 1.54) is 18.3 Å². The molecule has 1 amide bonds. The first-order valence-electron chi connectivity index (χ1n) is 9.27. The van der Waals surface area contributed by atoms with Crippen LogP contribution < -0.4 is 14.8 Å².